The number of aliphatic hydroxyl groups is 1. The van der Waals surface area contributed by atoms with E-state index in [1.807, 2.05) is 0 Å². The topological polar surface area (TPSA) is 29.5 Å². The van der Waals surface area contributed by atoms with Crippen molar-refractivity contribution < 1.29 is 14.2 Å². The summed E-state index contributed by atoms with van der Waals surface area (Å²) in [5, 5.41) is 11.2. The molecule has 0 aliphatic carbocycles. The minimum Gasteiger partial charge on any atom is -0.494 e. The maximum atomic E-state index is 13.3. The third-order valence-corrected chi connectivity index (χ3v) is 3.73. The van der Waals surface area contributed by atoms with Crippen molar-refractivity contribution in [3.63, 3.8) is 0 Å². The van der Waals surface area contributed by atoms with Crippen molar-refractivity contribution in [3.05, 3.63) is 63.4 Å². The smallest absolute Gasteiger partial charge is 0.165 e. The minimum absolute atomic E-state index is 0.0896. The van der Waals surface area contributed by atoms with Crippen LogP contribution >= 0.6 is 23.2 Å². The molecule has 5 heteroatoms. The fourth-order valence-corrected chi connectivity index (χ4v) is 2.47. The summed E-state index contributed by atoms with van der Waals surface area (Å²) in [6.45, 7) is 0. The van der Waals surface area contributed by atoms with E-state index >= 15 is 0 Å². The highest BCUT2D eigenvalue weighted by Crippen LogP contribution is 2.30. The first-order valence-electron chi connectivity index (χ1n) is 5.97. The average Bonchev–Trinajstić information content (AvgIpc) is 2.43. The number of rotatable bonds is 4. The van der Waals surface area contributed by atoms with Gasteiger partial charge in [-0.15, -0.1) is 0 Å². The van der Waals surface area contributed by atoms with Gasteiger partial charge in [-0.05, 0) is 35.4 Å². The SMILES string of the molecule is COc1cc(C(O)Cc2c(Cl)cccc2Cl)ccc1F. The predicted octanol–water partition coefficient (Wildman–Crippen LogP) is 4.42. The summed E-state index contributed by atoms with van der Waals surface area (Å²) in [7, 11) is 1.37. The molecule has 0 saturated heterocycles. The van der Waals surface area contributed by atoms with Crippen LogP contribution in [0.3, 0.4) is 0 Å². The van der Waals surface area contributed by atoms with Crippen LogP contribution in [0, 0.1) is 5.82 Å². The van der Waals surface area contributed by atoms with Crippen molar-refractivity contribution in [1.82, 2.24) is 0 Å². The first-order valence-corrected chi connectivity index (χ1v) is 6.73. The van der Waals surface area contributed by atoms with Crippen LogP contribution in [0.25, 0.3) is 0 Å². The van der Waals surface area contributed by atoms with Gasteiger partial charge in [-0.2, -0.15) is 0 Å². The van der Waals surface area contributed by atoms with Crippen LogP contribution in [-0.4, -0.2) is 12.2 Å². The molecule has 1 unspecified atom stereocenters. The summed E-state index contributed by atoms with van der Waals surface area (Å²) < 4.78 is 18.2. The fourth-order valence-electron chi connectivity index (χ4n) is 1.92. The first-order chi connectivity index (χ1) is 9.52. The number of ether oxygens (including phenoxy) is 1. The highest BCUT2D eigenvalue weighted by molar-refractivity contribution is 6.36. The third kappa shape index (κ3) is 3.23. The lowest BCUT2D eigenvalue weighted by atomic mass is 10.0. The van der Waals surface area contributed by atoms with E-state index in [1.54, 1.807) is 18.2 Å². The zero-order valence-corrected chi connectivity index (χ0v) is 12.2. The molecule has 0 fully saturated rings. The molecule has 0 bridgehead atoms. The van der Waals surface area contributed by atoms with Gasteiger partial charge >= 0.3 is 0 Å². The van der Waals surface area contributed by atoms with E-state index in [1.165, 1.54) is 25.3 Å². The number of halogens is 3. The summed E-state index contributed by atoms with van der Waals surface area (Å²) in [5.41, 5.74) is 1.20. The maximum absolute atomic E-state index is 13.3. The van der Waals surface area contributed by atoms with E-state index in [0.29, 0.717) is 21.2 Å². The Morgan fingerprint density at radius 2 is 1.85 bits per heavy atom. The van der Waals surface area contributed by atoms with Gasteiger partial charge in [0.15, 0.2) is 11.6 Å². The molecule has 2 aromatic rings. The van der Waals surface area contributed by atoms with Crippen molar-refractivity contribution >= 4 is 23.2 Å². The second-order valence-corrected chi connectivity index (χ2v) is 5.13. The van der Waals surface area contributed by atoms with Gasteiger partial charge in [0.2, 0.25) is 0 Å². The van der Waals surface area contributed by atoms with Crippen LogP contribution < -0.4 is 4.74 Å². The number of hydrogen-bond donors (Lipinski definition) is 1. The molecule has 0 amide bonds. The van der Waals surface area contributed by atoms with Crippen LogP contribution in [0.2, 0.25) is 10.0 Å². The monoisotopic (exact) mass is 314 g/mol. The molecule has 2 rings (SSSR count). The van der Waals surface area contributed by atoms with Gasteiger partial charge in [0.25, 0.3) is 0 Å². The van der Waals surface area contributed by atoms with Gasteiger partial charge in [0.1, 0.15) is 0 Å². The molecular formula is C15H13Cl2FO2. The molecule has 2 nitrogen and oxygen atoms in total. The van der Waals surface area contributed by atoms with Gasteiger partial charge in [-0.25, -0.2) is 4.39 Å². The summed E-state index contributed by atoms with van der Waals surface area (Å²) in [6.07, 6.45) is -0.602. The Balaban J connectivity index is 2.26. The van der Waals surface area contributed by atoms with E-state index in [-0.39, 0.29) is 12.2 Å². The van der Waals surface area contributed by atoms with Gasteiger partial charge in [-0.1, -0.05) is 35.3 Å². The van der Waals surface area contributed by atoms with Gasteiger partial charge in [-0.3, -0.25) is 0 Å². The second kappa shape index (κ2) is 6.44. The highest BCUT2D eigenvalue weighted by atomic mass is 35.5. The molecule has 1 atom stereocenters. The summed E-state index contributed by atoms with van der Waals surface area (Å²) in [4.78, 5) is 0. The van der Waals surface area contributed by atoms with E-state index in [9.17, 15) is 9.50 Å². The lowest BCUT2D eigenvalue weighted by Crippen LogP contribution is -2.04. The summed E-state index contributed by atoms with van der Waals surface area (Å²) >= 11 is 12.1. The van der Waals surface area contributed by atoms with Gasteiger partial charge < -0.3 is 9.84 Å². The van der Waals surface area contributed by atoms with Crippen molar-refractivity contribution in [3.8, 4) is 5.75 Å². The molecule has 20 heavy (non-hydrogen) atoms. The Bertz CT molecular complexity index is 597. The number of hydrogen-bond acceptors (Lipinski definition) is 2. The van der Waals surface area contributed by atoms with Gasteiger partial charge in [0.05, 0.1) is 13.2 Å². The van der Waals surface area contributed by atoms with Crippen LogP contribution in [0.1, 0.15) is 17.2 Å². The van der Waals surface area contributed by atoms with E-state index in [4.69, 9.17) is 27.9 Å². The normalized spacial score (nSPS) is 12.2. The van der Waals surface area contributed by atoms with Crippen LogP contribution in [0.15, 0.2) is 36.4 Å². The molecule has 0 aliphatic heterocycles. The highest BCUT2D eigenvalue weighted by Gasteiger charge is 2.15. The fraction of sp³-hybridized carbons (Fsp3) is 0.200. The molecule has 0 aliphatic rings. The summed E-state index contributed by atoms with van der Waals surface area (Å²) in [6, 6.07) is 9.38. The van der Waals surface area contributed by atoms with Crippen LogP contribution in [-0.2, 0) is 6.42 Å². The zero-order valence-electron chi connectivity index (χ0n) is 10.7. The Kier molecular flexibility index (Phi) is 4.86. The Labute approximate surface area is 126 Å². The zero-order chi connectivity index (χ0) is 14.7. The molecule has 2 aromatic carbocycles. The number of aliphatic hydroxyl groups excluding tert-OH is 1. The molecule has 0 aromatic heterocycles. The molecule has 1 N–H and O–H groups in total. The van der Waals surface area contributed by atoms with Crippen molar-refractivity contribution in [2.45, 2.75) is 12.5 Å². The van der Waals surface area contributed by atoms with E-state index in [2.05, 4.69) is 0 Å². The van der Waals surface area contributed by atoms with E-state index < -0.39 is 11.9 Å². The Hall–Kier alpha value is -1.29. The maximum Gasteiger partial charge on any atom is 0.165 e. The number of benzene rings is 2. The van der Waals surface area contributed by atoms with Crippen molar-refractivity contribution in [2.24, 2.45) is 0 Å². The Morgan fingerprint density at radius 1 is 1.20 bits per heavy atom. The quantitative estimate of drug-likeness (QED) is 0.905. The average molecular weight is 315 g/mol. The molecule has 0 saturated carbocycles. The Morgan fingerprint density at radius 3 is 2.45 bits per heavy atom. The van der Waals surface area contributed by atoms with Crippen molar-refractivity contribution in [2.75, 3.05) is 7.11 Å². The lowest BCUT2D eigenvalue weighted by molar-refractivity contribution is 0.178. The molecule has 0 radical (unpaired) electrons. The van der Waals surface area contributed by atoms with Crippen molar-refractivity contribution in [1.29, 1.82) is 0 Å². The lowest BCUT2D eigenvalue weighted by Gasteiger charge is -2.14. The van der Waals surface area contributed by atoms with Gasteiger partial charge in [0, 0.05) is 16.5 Å². The molecule has 0 spiro atoms. The molecular weight excluding hydrogens is 302 g/mol. The largest absolute Gasteiger partial charge is 0.494 e. The minimum atomic E-state index is -0.845. The molecule has 0 heterocycles. The third-order valence-electron chi connectivity index (χ3n) is 3.02. The second-order valence-electron chi connectivity index (χ2n) is 4.31. The van der Waals surface area contributed by atoms with E-state index in [0.717, 1.165) is 0 Å². The van der Waals surface area contributed by atoms with Crippen LogP contribution in [0.4, 0.5) is 4.39 Å². The molecule has 106 valence electrons. The predicted molar refractivity (Wildman–Crippen MR) is 78.1 cm³/mol. The standard InChI is InChI=1S/C15H13Cl2FO2/c1-20-15-7-9(5-6-13(15)18)14(19)8-10-11(16)3-2-4-12(10)17/h2-7,14,19H,8H2,1H3. The first kappa shape index (κ1) is 15.1. The summed E-state index contributed by atoms with van der Waals surface area (Å²) in [5.74, 6) is -0.383. The number of methoxy groups -OCH3 is 1. The van der Waals surface area contributed by atoms with Crippen LogP contribution in [0.5, 0.6) is 5.75 Å².